The number of pyridine rings is 1. The molecule has 142 valence electrons. The van der Waals surface area contributed by atoms with Gasteiger partial charge in [-0.25, -0.2) is 0 Å². The fourth-order valence-corrected chi connectivity index (χ4v) is 3.59. The minimum atomic E-state index is -0.00310. The van der Waals surface area contributed by atoms with Crippen molar-refractivity contribution in [2.75, 3.05) is 6.54 Å². The van der Waals surface area contributed by atoms with Crippen molar-refractivity contribution in [3.63, 3.8) is 0 Å². The lowest BCUT2D eigenvalue weighted by Gasteiger charge is -2.18. The van der Waals surface area contributed by atoms with Crippen molar-refractivity contribution in [1.29, 1.82) is 0 Å². The van der Waals surface area contributed by atoms with Crippen LogP contribution in [-0.4, -0.2) is 23.5 Å². The van der Waals surface area contributed by atoms with E-state index in [9.17, 15) is 4.79 Å². The molecule has 0 aliphatic heterocycles. The predicted octanol–water partition coefficient (Wildman–Crippen LogP) is 4.04. The Bertz CT molecular complexity index is 816. The van der Waals surface area contributed by atoms with Crippen LogP contribution in [0.15, 0.2) is 18.2 Å². The Morgan fingerprint density at radius 3 is 2.46 bits per heavy atom. The van der Waals surface area contributed by atoms with Crippen LogP contribution < -0.4 is 11.1 Å². The lowest BCUT2D eigenvalue weighted by atomic mass is 10.00. The number of aromatic nitrogens is 1. The molecule has 1 aromatic heterocycles. The van der Waals surface area contributed by atoms with Gasteiger partial charge in [-0.2, -0.15) is 0 Å². The summed E-state index contributed by atoms with van der Waals surface area (Å²) >= 11 is 0. The Morgan fingerprint density at radius 1 is 1.19 bits per heavy atom. The maximum absolute atomic E-state index is 13.0. The average molecular weight is 396 g/mol. The number of nitrogens with one attached hydrogen (secondary N) is 1. The molecule has 2 saturated carbocycles. The number of aryl methyl sites for hydroxylation is 2. The van der Waals surface area contributed by atoms with E-state index < -0.39 is 0 Å². The summed E-state index contributed by atoms with van der Waals surface area (Å²) in [5, 5.41) is 4.13. The largest absolute Gasteiger partial charge is 0.348 e. The number of benzene rings is 1. The Labute approximate surface area is 167 Å². The number of carbonyl (C=O) groups excluding carboxylic acids is 1. The van der Waals surface area contributed by atoms with E-state index in [1.54, 1.807) is 0 Å². The van der Waals surface area contributed by atoms with Gasteiger partial charge in [0.2, 0.25) is 0 Å². The first kappa shape index (κ1) is 20.9. The molecule has 4 rings (SSSR count). The highest BCUT2D eigenvalue weighted by atomic mass is 35.5. The fraction of sp³-hybridized carbons (Fsp3) is 0.500. The average Bonchev–Trinajstić information content (AvgIpc) is 3.44. The minimum absolute atomic E-state index is 0. The van der Waals surface area contributed by atoms with Gasteiger partial charge in [-0.3, -0.25) is 9.78 Å². The number of hydrogen-bond acceptors (Lipinski definition) is 3. The summed E-state index contributed by atoms with van der Waals surface area (Å²) in [6.45, 7) is 4.65. The molecule has 6 heteroatoms. The second kappa shape index (κ2) is 8.12. The Balaban J connectivity index is 0.00000121. The van der Waals surface area contributed by atoms with Crippen molar-refractivity contribution < 1.29 is 4.79 Å². The summed E-state index contributed by atoms with van der Waals surface area (Å²) in [4.78, 5) is 17.8. The zero-order chi connectivity index (χ0) is 16.8. The van der Waals surface area contributed by atoms with Gasteiger partial charge in [-0.15, -0.1) is 24.8 Å². The molecule has 1 heterocycles. The van der Waals surface area contributed by atoms with Crippen LogP contribution in [0.3, 0.4) is 0 Å². The van der Waals surface area contributed by atoms with Gasteiger partial charge in [0.1, 0.15) is 0 Å². The van der Waals surface area contributed by atoms with Gasteiger partial charge >= 0.3 is 0 Å². The van der Waals surface area contributed by atoms with Crippen LogP contribution in [0.25, 0.3) is 10.9 Å². The zero-order valence-corrected chi connectivity index (χ0v) is 16.9. The topological polar surface area (TPSA) is 68.0 Å². The van der Waals surface area contributed by atoms with E-state index in [1.165, 1.54) is 25.7 Å². The molecular formula is C20H27Cl2N3O. The molecule has 2 aliphatic rings. The van der Waals surface area contributed by atoms with Crippen LogP contribution in [0.1, 0.15) is 58.8 Å². The van der Waals surface area contributed by atoms with E-state index in [4.69, 9.17) is 10.7 Å². The van der Waals surface area contributed by atoms with Gasteiger partial charge < -0.3 is 11.1 Å². The van der Waals surface area contributed by atoms with E-state index in [1.807, 2.05) is 6.07 Å². The molecule has 26 heavy (non-hydrogen) atoms. The molecule has 1 amide bonds. The number of fused-ring (bicyclic) bond motifs is 1. The highest BCUT2D eigenvalue weighted by Crippen LogP contribution is 2.40. The monoisotopic (exact) mass is 395 g/mol. The van der Waals surface area contributed by atoms with E-state index >= 15 is 0 Å². The summed E-state index contributed by atoms with van der Waals surface area (Å²) < 4.78 is 0. The third kappa shape index (κ3) is 4.13. The Kier molecular flexibility index (Phi) is 6.54. The van der Waals surface area contributed by atoms with Crippen molar-refractivity contribution >= 4 is 41.6 Å². The van der Waals surface area contributed by atoms with Gasteiger partial charge in [-0.05, 0) is 63.1 Å². The Morgan fingerprint density at radius 2 is 1.88 bits per heavy atom. The molecule has 4 nitrogen and oxygen atoms in total. The number of rotatable bonds is 5. The summed E-state index contributed by atoms with van der Waals surface area (Å²) in [5.74, 6) is 1.07. The zero-order valence-electron chi connectivity index (χ0n) is 15.2. The molecule has 0 bridgehead atoms. The first-order valence-electron chi connectivity index (χ1n) is 8.99. The van der Waals surface area contributed by atoms with Crippen LogP contribution in [0, 0.1) is 19.8 Å². The predicted molar refractivity (Wildman–Crippen MR) is 111 cm³/mol. The normalized spacial score (nSPS) is 17.2. The van der Waals surface area contributed by atoms with Crippen LogP contribution in [0.4, 0.5) is 0 Å². The molecule has 2 aliphatic carbocycles. The lowest BCUT2D eigenvalue weighted by molar-refractivity contribution is 0.0935. The molecule has 0 radical (unpaired) electrons. The number of nitrogens with zero attached hydrogens (tertiary/aromatic N) is 1. The third-order valence-electron chi connectivity index (χ3n) is 5.27. The van der Waals surface area contributed by atoms with Crippen molar-refractivity contribution in [3.05, 3.63) is 40.6 Å². The van der Waals surface area contributed by atoms with Gasteiger partial charge in [0.15, 0.2) is 0 Å². The smallest absolute Gasteiger partial charge is 0.252 e. The molecule has 1 aromatic carbocycles. The third-order valence-corrected chi connectivity index (χ3v) is 5.27. The maximum atomic E-state index is 13.0. The van der Waals surface area contributed by atoms with Crippen LogP contribution >= 0.6 is 24.8 Å². The maximum Gasteiger partial charge on any atom is 0.252 e. The molecular weight excluding hydrogens is 369 g/mol. The molecule has 2 fully saturated rings. The van der Waals surface area contributed by atoms with Gasteiger partial charge in [0, 0.05) is 29.6 Å². The molecule has 0 saturated heterocycles. The van der Waals surface area contributed by atoms with Crippen LogP contribution in [0.2, 0.25) is 0 Å². The first-order chi connectivity index (χ1) is 11.6. The van der Waals surface area contributed by atoms with E-state index in [2.05, 4.69) is 31.3 Å². The first-order valence-corrected chi connectivity index (χ1v) is 8.99. The molecule has 1 unspecified atom stereocenters. The second-order valence-corrected chi connectivity index (χ2v) is 7.50. The van der Waals surface area contributed by atoms with E-state index in [0.29, 0.717) is 18.4 Å². The fourth-order valence-electron chi connectivity index (χ4n) is 3.59. The standard InChI is InChI=1S/C20H25N3O.2ClH/c1-11-7-12(2)19-15(8-11)16(9-17(22-19)13-3-4-13)20(24)23-18(10-21)14-5-6-14;;/h7-9,13-14,18H,3-6,10,21H2,1-2H3,(H,23,24);2*1H. The molecule has 1 atom stereocenters. The highest BCUT2D eigenvalue weighted by molar-refractivity contribution is 6.07. The number of hydrogen-bond donors (Lipinski definition) is 2. The van der Waals surface area contributed by atoms with Crippen molar-refractivity contribution in [2.24, 2.45) is 11.7 Å². The lowest BCUT2D eigenvalue weighted by Crippen LogP contribution is -2.41. The SMILES string of the molecule is Cc1cc(C)c2nc(C3CC3)cc(C(=O)NC(CN)C3CC3)c2c1.Cl.Cl. The van der Waals surface area contributed by atoms with Gasteiger partial charge in [0.05, 0.1) is 11.1 Å². The highest BCUT2D eigenvalue weighted by Gasteiger charge is 2.32. The van der Waals surface area contributed by atoms with Crippen LogP contribution in [-0.2, 0) is 0 Å². The van der Waals surface area contributed by atoms with Crippen molar-refractivity contribution in [1.82, 2.24) is 10.3 Å². The van der Waals surface area contributed by atoms with Crippen molar-refractivity contribution in [3.8, 4) is 0 Å². The van der Waals surface area contributed by atoms with Crippen LogP contribution in [0.5, 0.6) is 0 Å². The number of nitrogens with two attached hydrogens (primary N) is 1. The van der Waals surface area contributed by atoms with E-state index in [-0.39, 0.29) is 36.8 Å². The van der Waals surface area contributed by atoms with Crippen molar-refractivity contribution in [2.45, 2.75) is 51.5 Å². The summed E-state index contributed by atoms with van der Waals surface area (Å²) in [6, 6.07) is 6.32. The van der Waals surface area contributed by atoms with E-state index in [0.717, 1.165) is 33.3 Å². The summed E-state index contributed by atoms with van der Waals surface area (Å²) in [7, 11) is 0. The minimum Gasteiger partial charge on any atom is -0.348 e. The number of amides is 1. The molecule has 0 spiro atoms. The second-order valence-electron chi connectivity index (χ2n) is 7.50. The van der Waals surface area contributed by atoms with Gasteiger partial charge in [0.25, 0.3) is 5.91 Å². The summed E-state index contributed by atoms with van der Waals surface area (Å²) in [6.07, 6.45) is 4.70. The van der Waals surface area contributed by atoms with Gasteiger partial charge in [-0.1, -0.05) is 11.6 Å². The quantitative estimate of drug-likeness (QED) is 0.802. The summed E-state index contributed by atoms with van der Waals surface area (Å²) in [5.41, 5.74) is 10.9. The number of halogens is 2. The Hall–Kier alpha value is -1.36. The molecule has 2 aromatic rings. The molecule has 3 N–H and O–H groups in total. The number of carbonyl (C=O) groups is 1.